The van der Waals surface area contributed by atoms with Gasteiger partial charge in [0.1, 0.15) is 17.9 Å². The first-order valence-electron chi connectivity index (χ1n) is 7.91. The number of aromatic nitrogens is 3. The molecule has 0 saturated carbocycles. The van der Waals surface area contributed by atoms with Crippen LogP contribution in [0.5, 0.6) is 5.88 Å². The van der Waals surface area contributed by atoms with Gasteiger partial charge < -0.3 is 9.30 Å². The third-order valence-electron chi connectivity index (χ3n) is 4.23. The molecule has 3 aromatic rings. The van der Waals surface area contributed by atoms with Gasteiger partial charge in [-0.2, -0.15) is 5.10 Å². The number of allylic oxidation sites excluding steroid dienone is 2. The molecule has 0 bridgehead atoms. The molecular formula is C19H20FN3O. The van der Waals surface area contributed by atoms with Crippen molar-refractivity contribution >= 4 is 10.9 Å². The Labute approximate surface area is 140 Å². The predicted molar refractivity (Wildman–Crippen MR) is 92.5 cm³/mol. The molecule has 0 aliphatic carbocycles. The summed E-state index contributed by atoms with van der Waals surface area (Å²) in [5, 5.41) is 9.28. The number of hydrogen-bond donors (Lipinski definition) is 0. The molecule has 0 N–H and O–H groups in total. The average molecular weight is 325 g/mol. The van der Waals surface area contributed by atoms with E-state index in [-0.39, 0.29) is 5.82 Å². The van der Waals surface area contributed by atoms with Gasteiger partial charge in [0, 0.05) is 17.6 Å². The van der Waals surface area contributed by atoms with Crippen molar-refractivity contribution in [3.63, 3.8) is 0 Å². The fourth-order valence-corrected chi connectivity index (χ4v) is 2.73. The van der Waals surface area contributed by atoms with Gasteiger partial charge in [-0.15, -0.1) is 5.10 Å². The summed E-state index contributed by atoms with van der Waals surface area (Å²) < 4.78 is 21.1. The van der Waals surface area contributed by atoms with Crippen molar-refractivity contribution in [3.8, 4) is 5.88 Å². The van der Waals surface area contributed by atoms with Gasteiger partial charge in [-0.3, -0.25) is 0 Å². The fraction of sp³-hybridized carbons (Fsp3) is 0.263. The van der Waals surface area contributed by atoms with E-state index in [1.165, 1.54) is 23.4 Å². The number of ether oxygens (including phenoxy) is 1. The van der Waals surface area contributed by atoms with Gasteiger partial charge >= 0.3 is 0 Å². The van der Waals surface area contributed by atoms with Crippen molar-refractivity contribution < 1.29 is 9.13 Å². The Balaban J connectivity index is 1.98. The Bertz CT molecular complexity index is 882. The number of aryl methyl sites for hydroxylation is 1. The molecule has 124 valence electrons. The third-order valence-corrected chi connectivity index (χ3v) is 4.23. The maximum atomic E-state index is 13.0. The molecule has 0 spiro atoms. The highest BCUT2D eigenvalue weighted by molar-refractivity contribution is 5.88. The van der Waals surface area contributed by atoms with E-state index in [1.807, 2.05) is 13.0 Å². The molecule has 2 aromatic heterocycles. The SMILES string of the molecule is C/C=C/Cn1c(C)c(C)c2cnnc(OCc3ccc(F)cc3)c21. The van der Waals surface area contributed by atoms with Crippen molar-refractivity contribution in [3.05, 3.63) is 65.3 Å². The van der Waals surface area contributed by atoms with Crippen molar-refractivity contribution in [2.24, 2.45) is 0 Å². The molecule has 0 amide bonds. The predicted octanol–water partition coefficient (Wildman–Crippen LogP) is 4.34. The molecule has 4 nitrogen and oxygen atoms in total. The minimum Gasteiger partial charge on any atom is -0.470 e. The van der Waals surface area contributed by atoms with Crippen LogP contribution in [-0.2, 0) is 13.2 Å². The van der Waals surface area contributed by atoms with E-state index < -0.39 is 0 Å². The smallest absolute Gasteiger partial charge is 0.258 e. The maximum Gasteiger partial charge on any atom is 0.258 e. The fourth-order valence-electron chi connectivity index (χ4n) is 2.73. The average Bonchev–Trinajstić information content (AvgIpc) is 2.84. The summed E-state index contributed by atoms with van der Waals surface area (Å²) in [4.78, 5) is 0. The van der Waals surface area contributed by atoms with Crippen LogP contribution in [0.2, 0.25) is 0 Å². The molecule has 0 unspecified atom stereocenters. The summed E-state index contributed by atoms with van der Waals surface area (Å²) in [6, 6.07) is 6.26. The largest absolute Gasteiger partial charge is 0.470 e. The molecule has 0 aliphatic rings. The molecule has 0 fully saturated rings. The summed E-state index contributed by atoms with van der Waals surface area (Å²) in [5.74, 6) is 0.240. The second-order valence-electron chi connectivity index (χ2n) is 5.72. The maximum absolute atomic E-state index is 13.0. The standard InChI is InChI=1S/C19H20FN3O/c1-4-5-10-23-14(3)13(2)17-11-21-22-19(18(17)23)24-12-15-6-8-16(20)9-7-15/h4-9,11H,10,12H2,1-3H3/b5-4+. The van der Waals surface area contributed by atoms with Crippen molar-refractivity contribution in [2.45, 2.75) is 33.9 Å². The Morgan fingerprint density at radius 1 is 1.21 bits per heavy atom. The highest BCUT2D eigenvalue weighted by Crippen LogP contribution is 2.30. The normalized spacial score (nSPS) is 11.5. The van der Waals surface area contributed by atoms with E-state index in [0.29, 0.717) is 12.5 Å². The Morgan fingerprint density at radius 2 is 1.96 bits per heavy atom. The van der Waals surface area contributed by atoms with Crippen LogP contribution in [0.3, 0.4) is 0 Å². The van der Waals surface area contributed by atoms with Crippen LogP contribution < -0.4 is 4.74 Å². The second-order valence-corrected chi connectivity index (χ2v) is 5.72. The number of nitrogens with zero attached hydrogens (tertiary/aromatic N) is 3. The quantitative estimate of drug-likeness (QED) is 0.655. The lowest BCUT2D eigenvalue weighted by Crippen LogP contribution is -2.03. The summed E-state index contributed by atoms with van der Waals surface area (Å²) in [6.07, 6.45) is 5.89. The summed E-state index contributed by atoms with van der Waals surface area (Å²) in [5.41, 5.74) is 4.18. The van der Waals surface area contributed by atoms with E-state index in [2.05, 4.69) is 34.7 Å². The van der Waals surface area contributed by atoms with Gasteiger partial charge in [0.05, 0.1) is 6.20 Å². The molecule has 0 atom stereocenters. The molecule has 3 rings (SSSR count). The Hall–Kier alpha value is -2.69. The minimum atomic E-state index is -0.257. The molecular weight excluding hydrogens is 305 g/mol. The van der Waals surface area contributed by atoms with E-state index in [1.54, 1.807) is 18.3 Å². The lowest BCUT2D eigenvalue weighted by atomic mass is 10.2. The van der Waals surface area contributed by atoms with E-state index >= 15 is 0 Å². The minimum absolute atomic E-state index is 0.257. The van der Waals surface area contributed by atoms with Crippen LogP contribution in [0.4, 0.5) is 4.39 Å². The number of fused-ring (bicyclic) bond motifs is 1. The van der Waals surface area contributed by atoms with Crippen LogP contribution in [0.1, 0.15) is 23.7 Å². The van der Waals surface area contributed by atoms with Gasteiger partial charge in [0.25, 0.3) is 5.88 Å². The highest BCUT2D eigenvalue weighted by Gasteiger charge is 2.16. The topological polar surface area (TPSA) is 39.9 Å². The van der Waals surface area contributed by atoms with Gasteiger partial charge in [0.15, 0.2) is 0 Å². The number of benzene rings is 1. The first kappa shape index (κ1) is 16.2. The van der Waals surface area contributed by atoms with E-state index in [9.17, 15) is 4.39 Å². The monoisotopic (exact) mass is 325 g/mol. The molecule has 5 heteroatoms. The highest BCUT2D eigenvalue weighted by atomic mass is 19.1. The Morgan fingerprint density at radius 3 is 2.67 bits per heavy atom. The van der Waals surface area contributed by atoms with Crippen LogP contribution in [0.25, 0.3) is 10.9 Å². The zero-order chi connectivity index (χ0) is 17.1. The summed E-state index contributed by atoms with van der Waals surface area (Å²) >= 11 is 0. The Kier molecular flexibility index (Phi) is 4.60. The van der Waals surface area contributed by atoms with Gasteiger partial charge in [0.2, 0.25) is 0 Å². The van der Waals surface area contributed by atoms with Crippen LogP contribution in [0, 0.1) is 19.7 Å². The van der Waals surface area contributed by atoms with E-state index in [0.717, 1.165) is 23.0 Å². The number of hydrogen-bond acceptors (Lipinski definition) is 3. The lowest BCUT2D eigenvalue weighted by molar-refractivity contribution is 0.293. The van der Waals surface area contributed by atoms with Crippen LogP contribution in [-0.4, -0.2) is 14.8 Å². The van der Waals surface area contributed by atoms with Crippen molar-refractivity contribution in [1.29, 1.82) is 0 Å². The van der Waals surface area contributed by atoms with Gasteiger partial charge in [-0.25, -0.2) is 4.39 Å². The molecule has 0 saturated heterocycles. The van der Waals surface area contributed by atoms with Crippen LogP contribution in [0.15, 0.2) is 42.6 Å². The molecule has 2 heterocycles. The first-order chi connectivity index (χ1) is 11.6. The zero-order valence-electron chi connectivity index (χ0n) is 14.1. The van der Waals surface area contributed by atoms with Crippen LogP contribution >= 0.6 is 0 Å². The van der Waals surface area contributed by atoms with E-state index in [4.69, 9.17) is 4.74 Å². The zero-order valence-corrected chi connectivity index (χ0v) is 14.1. The van der Waals surface area contributed by atoms with Crippen molar-refractivity contribution in [2.75, 3.05) is 0 Å². The molecule has 0 aliphatic heterocycles. The summed E-state index contributed by atoms with van der Waals surface area (Å²) in [6.45, 7) is 7.24. The van der Waals surface area contributed by atoms with Gasteiger partial charge in [-0.1, -0.05) is 24.3 Å². The van der Waals surface area contributed by atoms with Crippen molar-refractivity contribution in [1.82, 2.24) is 14.8 Å². The lowest BCUT2D eigenvalue weighted by Gasteiger charge is -2.10. The molecule has 1 aromatic carbocycles. The molecule has 24 heavy (non-hydrogen) atoms. The van der Waals surface area contributed by atoms with Gasteiger partial charge in [-0.05, 0) is 44.0 Å². The molecule has 0 radical (unpaired) electrons. The third kappa shape index (κ3) is 3.02. The number of halogens is 1. The summed E-state index contributed by atoms with van der Waals surface area (Å²) in [7, 11) is 0. The first-order valence-corrected chi connectivity index (χ1v) is 7.91. The number of rotatable bonds is 5. The second kappa shape index (κ2) is 6.83.